The second-order valence-corrected chi connectivity index (χ2v) is 6.08. The van der Waals surface area contributed by atoms with Crippen LogP contribution in [0.25, 0.3) is 0 Å². The van der Waals surface area contributed by atoms with Gasteiger partial charge >= 0.3 is 0 Å². The fourth-order valence-electron chi connectivity index (χ4n) is 2.41. The quantitative estimate of drug-likeness (QED) is 0.803. The van der Waals surface area contributed by atoms with E-state index in [0.717, 1.165) is 18.9 Å². The smallest absolute Gasteiger partial charge is 0.165 e. The molecule has 18 heavy (non-hydrogen) atoms. The highest BCUT2D eigenvalue weighted by Gasteiger charge is 2.23. The number of nitrogens with one attached hydrogen (secondary N) is 1. The zero-order valence-electron chi connectivity index (χ0n) is 11.9. The Balaban J connectivity index is 1.96. The molecule has 0 unspecified atom stereocenters. The zero-order chi connectivity index (χ0) is 13.1. The maximum atomic E-state index is 4.13. The Morgan fingerprint density at radius 3 is 2.44 bits per heavy atom. The average molecular weight is 251 g/mol. The lowest BCUT2D eigenvalue weighted by molar-refractivity contribution is 0.237. The molecule has 0 atom stereocenters. The van der Waals surface area contributed by atoms with Crippen molar-refractivity contribution >= 4 is 0 Å². The minimum Gasteiger partial charge on any atom is -0.307 e. The highest BCUT2D eigenvalue weighted by Crippen LogP contribution is 2.23. The third kappa shape index (κ3) is 3.51. The molecule has 5 nitrogen and oxygen atoms in total. The molecule has 1 heterocycles. The van der Waals surface area contributed by atoms with E-state index < -0.39 is 0 Å². The van der Waals surface area contributed by atoms with E-state index in [0.29, 0.717) is 23.8 Å². The SMILES string of the molecule is CC(C)C(Cn1nnnc1CNC1CC1)C(C)C. The molecule has 1 fully saturated rings. The van der Waals surface area contributed by atoms with Gasteiger partial charge in [-0.2, -0.15) is 0 Å². The first-order valence-electron chi connectivity index (χ1n) is 7.06. The maximum Gasteiger partial charge on any atom is 0.165 e. The number of tetrazole rings is 1. The van der Waals surface area contributed by atoms with Crippen LogP contribution in [0.2, 0.25) is 0 Å². The van der Waals surface area contributed by atoms with Gasteiger partial charge in [0.2, 0.25) is 0 Å². The second-order valence-electron chi connectivity index (χ2n) is 6.08. The van der Waals surface area contributed by atoms with Crippen molar-refractivity contribution in [2.75, 3.05) is 0 Å². The minimum absolute atomic E-state index is 0.619. The monoisotopic (exact) mass is 251 g/mol. The van der Waals surface area contributed by atoms with Gasteiger partial charge in [-0.25, -0.2) is 4.68 Å². The highest BCUT2D eigenvalue weighted by molar-refractivity contribution is 4.87. The lowest BCUT2D eigenvalue weighted by Gasteiger charge is -2.24. The largest absolute Gasteiger partial charge is 0.307 e. The summed E-state index contributed by atoms with van der Waals surface area (Å²) in [6, 6.07) is 0.696. The summed E-state index contributed by atoms with van der Waals surface area (Å²) >= 11 is 0. The Labute approximate surface area is 109 Å². The number of nitrogens with zero attached hydrogens (tertiary/aromatic N) is 4. The van der Waals surface area contributed by atoms with Gasteiger partial charge in [-0.3, -0.25) is 0 Å². The van der Waals surface area contributed by atoms with Crippen molar-refractivity contribution in [3.8, 4) is 0 Å². The van der Waals surface area contributed by atoms with Crippen molar-refractivity contribution in [1.29, 1.82) is 0 Å². The van der Waals surface area contributed by atoms with Crippen LogP contribution in [0.1, 0.15) is 46.4 Å². The van der Waals surface area contributed by atoms with Crippen LogP contribution in [0, 0.1) is 17.8 Å². The minimum atomic E-state index is 0.619. The third-order valence-corrected chi connectivity index (χ3v) is 3.83. The molecule has 1 N–H and O–H groups in total. The van der Waals surface area contributed by atoms with Crippen LogP contribution < -0.4 is 5.32 Å². The normalized spacial score (nSPS) is 16.2. The molecule has 0 radical (unpaired) electrons. The van der Waals surface area contributed by atoms with E-state index in [-0.39, 0.29) is 0 Å². The predicted molar refractivity (Wildman–Crippen MR) is 70.8 cm³/mol. The van der Waals surface area contributed by atoms with Crippen LogP contribution in [-0.2, 0) is 13.1 Å². The van der Waals surface area contributed by atoms with Crippen LogP contribution >= 0.6 is 0 Å². The fourth-order valence-corrected chi connectivity index (χ4v) is 2.41. The Morgan fingerprint density at radius 2 is 1.89 bits per heavy atom. The van der Waals surface area contributed by atoms with Crippen molar-refractivity contribution in [2.24, 2.45) is 17.8 Å². The molecule has 0 bridgehead atoms. The highest BCUT2D eigenvalue weighted by atomic mass is 15.5. The molecule has 1 aliphatic carbocycles. The molecule has 0 spiro atoms. The summed E-state index contributed by atoms with van der Waals surface area (Å²) in [5.74, 6) is 2.89. The summed E-state index contributed by atoms with van der Waals surface area (Å²) in [6.45, 7) is 10.8. The molecular weight excluding hydrogens is 226 g/mol. The molecule has 5 heteroatoms. The number of hydrogen-bond donors (Lipinski definition) is 1. The van der Waals surface area contributed by atoms with Crippen molar-refractivity contribution in [2.45, 2.75) is 59.7 Å². The molecular formula is C13H25N5. The first kappa shape index (κ1) is 13.5. The van der Waals surface area contributed by atoms with E-state index >= 15 is 0 Å². The van der Waals surface area contributed by atoms with Crippen LogP contribution in [0.5, 0.6) is 0 Å². The molecule has 0 aliphatic heterocycles. The van der Waals surface area contributed by atoms with Gasteiger partial charge in [-0.15, -0.1) is 5.10 Å². The second kappa shape index (κ2) is 5.78. The topological polar surface area (TPSA) is 55.6 Å². The molecule has 1 saturated carbocycles. The summed E-state index contributed by atoms with van der Waals surface area (Å²) in [7, 11) is 0. The molecule has 0 aromatic carbocycles. The molecule has 1 aliphatic rings. The van der Waals surface area contributed by atoms with Gasteiger partial charge in [0, 0.05) is 12.6 Å². The summed E-state index contributed by atoms with van der Waals surface area (Å²) < 4.78 is 1.97. The lowest BCUT2D eigenvalue weighted by atomic mass is 9.85. The molecule has 102 valence electrons. The van der Waals surface area contributed by atoms with E-state index in [2.05, 4.69) is 48.5 Å². The summed E-state index contributed by atoms with van der Waals surface area (Å²) in [6.07, 6.45) is 2.59. The van der Waals surface area contributed by atoms with Crippen LogP contribution in [0.15, 0.2) is 0 Å². The molecule has 0 amide bonds. The Kier molecular flexibility index (Phi) is 4.32. The lowest BCUT2D eigenvalue weighted by Crippen LogP contribution is -2.26. The first-order chi connectivity index (χ1) is 8.58. The van der Waals surface area contributed by atoms with Crippen molar-refractivity contribution < 1.29 is 0 Å². The average Bonchev–Trinajstić information content (AvgIpc) is 3.02. The number of aromatic nitrogens is 4. The van der Waals surface area contributed by atoms with Crippen LogP contribution in [0.3, 0.4) is 0 Å². The van der Waals surface area contributed by atoms with Gasteiger partial charge in [0.1, 0.15) is 0 Å². The summed E-state index contributed by atoms with van der Waals surface area (Å²) in [4.78, 5) is 0. The van der Waals surface area contributed by atoms with Crippen LogP contribution in [-0.4, -0.2) is 26.2 Å². The van der Waals surface area contributed by atoms with Gasteiger partial charge in [0.15, 0.2) is 5.82 Å². The fraction of sp³-hybridized carbons (Fsp3) is 0.923. The van der Waals surface area contributed by atoms with E-state index in [1.54, 1.807) is 0 Å². The van der Waals surface area contributed by atoms with Gasteiger partial charge in [-0.05, 0) is 41.0 Å². The Hall–Kier alpha value is -0.970. The molecule has 1 aromatic rings. The van der Waals surface area contributed by atoms with E-state index in [1.807, 2.05) is 4.68 Å². The molecule has 0 saturated heterocycles. The summed E-state index contributed by atoms with van der Waals surface area (Å²) in [5.41, 5.74) is 0. The van der Waals surface area contributed by atoms with Crippen molar-refractivity contribution in [3.05, 3.63) is 5.82 Å². The maximum absolute atomic E-state index is 4.13. The van der Waals surface area contributed by atoms with E-state index in [4.69, 9.17) is 0 Å². The number of rotatable bonds is 7. The Morgan fingerprint density at radius 1 is 1.22 bits per heavy atom. The van der Waals surface area contributed by atoms with Gasteiger partial charge < -0.3 is 5.32 Å². The van der Waals surface area contributed by atoms with Gasteiger partial charge in [-0.1, -0.05) is 27.7 Å². The first-order valence-corrected chi connectivity index (χ1v) is 7.06. The van der Waals surface area contributed by atoms with E-state index in [1.165, 1.54) is 12.8 Å². The summed E-state index contributed by atoms with van der Waals surface area (Å²) in [5, 5.41) is 15.5. The van der Waals surface area contributed by atoms with Crippen molar-refractivity contribution in [1.82, 2.24) is 25.5 Å². The van der Waals surface area contributed by atoms with E-state index in [9.17, 15) is 0 Å². The third-order valence-electron chi connectivity index (χ3n) is 3.83. The van der Waals surface area contributed by atoms with Crippen LogP contribution in [0.4, 0.5) is 0 Å². The predicted octanol–water partition coefficient (Wildman–Crippen LogP) is 1.85. The number of hydrogen-bond acceptors (Lipinski definition) is 4. The zero-order valence-corrected chi connectivity index (χ0v) is 11.9. The molecule has 2 rings (SSSR count). The Bertz CT molecular complexity index is 359. The van der Waals surface area contributed by atoms with Gasteiger partial charge in [0.05, 0.1) is 6.54 Å². The standard InChI is InChI=1S/C13H25N5/c1-9(2)12(10(3)4)8-18-13(15-16-17-18)7-14-11-5-6-11/h9-12,14H,5-8H2,1-4H3. The molecule has 1 aromatic heterocycles. The van der Waals surface area contributed by atoms with Gasteiger partial charge in [0.25, 0.3) is 0 Å². The van der Waals surface area contributed by atoms with Crippen molar-refractivity contribution in [3.63, 3.8) is 0 Å².